The summed E-state index contributed by atoms with van der Waals surface area (Å²) >= 11 is 0. The molecule has 2 saturated heterocycles. The van der Waals surface area contributed by atoms with Gasteiger partial charge in [-0.25, -0.2) is 0 Å². The Morgan fingerprint density at radius 1 is 1.03 bits per heavy atom. The third-order valence-corrected chi connectivity index (χ3v) is 8.05. The minimum atomic E-state index is -0.501. The molecule has 0 saturated carbocycles. The third kappa shape index (κ3) is 3.65. The molecule has 4 bridgehead atoms. The zero-order valence-electron chi connectivity index (χ0n) is 19.7. The predicted octanol–water partition coefficient (Wildman–Crippen LogP) is 4.89. The van der Waals surface area contributed by atoms with Crippen molar-refractivity contribution in [3.05, 3.63) is 41.5 Å². The molecule has 3 unspecified atom stereocenters. The fourth-order valence-corrected chi connectivity index (χ4v) is 6.54. The lowest BCUT2D eigenvalue weighted by atomic mass is 9.68. The van der Waals surface area contributed by atoms with Gasteiger partial charge in [0, 0.05) is 35.9 Å². The first-order chi connectivity index (χ1) is 15.7. The van der Waals surface area contributed by atoms with Crippen molar-refractivity contribution in [1.82, 2.24) is 4.90 Å². The van der Waals surface area contributed by atoms with Gasteiger partial charge in [0.05, 0.1) is 7.11 Å². The summed E-state index contributed by atoms with van der Waals surface area (Å²) in [6, 6.07) is 9.09. The van der Waals surface area contributed by atoms with Gasteiger partial charge in [-0.3, -0.25) is 9.69 Å². The molecule has 6 heteroatoms. The Balaban J connectivity index is 1.80. The lowest BCUT2D eigenvalue weighted by Gasteiger charge is -2.60. The number of phenolic OH excluding ortho intramolecular Hbond substituents is 2. The van der Waals surface area contributed by atoms with Crippen molar-refractivity contribution in [2.45, 2.75) is 76.0 Å². The van der Waals surface area contributed by atoms with Crippen LogP contribution in [0, 0.1) is 0 Å². The number of fused-ring (bicyclic) bond motifs is 9. The molecule has 2 fully saturated rings. The summed E-state index contributed by atoms with van der Waals surface area (Å²) in [5.41, 5.74) is 2.79. The zero-order valence-corrected chi connectivity index (χ0v) is 19.7. The average Bonchev–Trinajstić information content (AvgIpc) is 2.77. The molecule has 3 heterocycles. The van der Waals surface area contributed by atoms with Gasteiger partial charge in [0.15, 0.2) is 11.5 Å². The number of carbonyl (C=O) groups excluding carboxylic acids is 1. The van der Waals surface area contributed by atoms with Crippen LogP contribution in [-0.2, 0) is 21.5 Å². The Morgan fingerprint density at radius 3 is 2.64 bits per heavy atom. The topological polar surface area (TPSA) is 79.2 Å². The number of ether oxygens (including phenoxy) is 2. The molecule has 3 aliphatic heterocycles. The lowest BCUT2D eigenvalue weighted by molar-refractivity contribution is -0.167. The van der Waals surface area contributed by atoms with E-state index < -0.39 is 5.54 Å². The van der Waals surface area contributed by atoms with Crippen LogP contribution >= 0.6 is 0 Å². The highest BCUT2D eigenvalue weighted by atomic mass is 16.5. The summed E-state index contributed by atoms with van der Waals surface area (Å²) in [5, 5.41) is 21.7. The van der Waals surface area contributed by atoms with Gasteiger partial charge in [-0.2, -0.15) is 0 Å². The fraction of sp³-hybridized carbons (Fsp3) is 0.519. The molecule has 2 aromatic carbocycles. The molecule has 5 rings (SSSR count). The predicted molar refractivity (Wildman–Crippen MR) is 126 cm³/mol. The van der Waals surface area contributed by atoms with Gasteiger partial charge in [0.25, 0.3) is 0 Å². The van der Waals surface area contributed by atoms with Crippen LogP contribution in [-0.4, -0.2) is 46.4 Å². The van der Waals surface area contributed by atoms with Crippen LogP contribution in [0.4, 0.5) is 0 Å². The quantitative estimate of drug-likeness (QED) is 0.602. The SMILES string of the molecule is COc1cc2c(cc1O)C1(C)CC(CC3(C)CCCCN31)OC(=O)CCc1ccc(O)c-2c1. The number of carbonyl (C=O) groups is 1. The number of aromatic hydroxyl groups is 2. The summed E-state index contributed by atoms with van der Waals surface area (Å²) < 4.78 is 11.5. The van der Waals surface area contributed by atoms with Gasteiger partial charge in [-0.05, 0) is 80.6 Å². The van der Waals surface area contributed by atoms with E-state index in [2.05, 4.69) is 18.7 Å². The van der Waals surface area contributed by atoms with Gasteiger partial charge in [0.1, 0.15) is 11.9 Å². The molecule has 3 aliphatic rings. The van der Waals surface area contributed by atoms with Crippen LogP contribution in [0.1, 0.15) is 63.5 Å². The number of methoxy groups -OCH3 is 1. The minimum absolute atomic E-state index is 0.0676. The van der Waals surface area contributed by atoms with Crippen molar-refractivity contribution >= 4 is 5.97 Å². The van der Waals surface area contributed by atoms with Crippen LogP contribution in [0.2, 0.25) is 0 Å². The number of aryl methyl sites for hydroxylation is 1. The first-order valence-electron chi connectivity index (χ1n) is 11.9. The lowest BCUT2D eigenvalue weighted by Crippen LogP contribution is -2.64. The molecule has 0 radical (unpaired) electrons. The molecule has 0 spiro atoms. The van der Waals surface area contributed by atoms with E-state index in [4.69, 9.17) is 9.47 Å². The minimum Gasteiger partial charge on any atom is -0.507 e. The first kappa shape index (κ1) is 22.1. The molecular formula is C27H33NO5. The van der Waals surface area contributed by atoms with E-state index in [9.17, 15) is 15.0 Å². The van der Waals surface area contributed by atoms with Crippen molar-refractivity contribution in [1.29, 1.82) is 0 Å². The van der Waals surface area contributed by atoms with Crippen molar-refractivity contribution in [3.8, 4) is 28.4 Å². The van der Waals surface area contributed by atoms with Gasteiger partial charge < -0.3 is 19.7 Å². The molecule has 176 valence electrons. The van der Waals surface area contributed by atoms with Crippen LogP contribution in [0.25, 0.3) is 11.1 Å². The second-order valence-corrected chi connectivity index (χ2v) is 10.3. The smallest absolute Gasteiger partial charge is 0.306 e. The molecule has 3 atom stereocenters. The molecule has 2 N–H and O–H groups in total. The summed E-state index contributed by atoms with van der Waals surface area (Å²) in [4.78, 5) is 15.3. The number of esters is 1. The summed E-state index contributed by atoms with van der Waals surface area (Å²) in [6.45, 7) is 5.40. The molecule has 6 nitrogen and oxygen atoms in total. The van der Waals surface area contributed by atoms with E-state index in [0.29, 0.717) is 30.6 Å². The Bertz CT molecular complexity index is 1100. The van der Waals surface area contributed by atoms with E-state index in [1.165, 1.54) is 7.11 Å². The Labute approximate surface area is 195 Å². The maximum Gasteiger partial charge on any atom is 0.306 e. The third-order valence-electron chi connectivity index (χ3n) is 8.05. The average molecular weight is 452 g/mol. The van der Waals surface area contributed by atoms with Gasteiger partial charge in [-0.15, -0.1) is 0 Å². The van der Waals surface area contributed by atoms with Crippen LogP contribution in [0.3, 0.4) is 0 Å². The zero-order chi connectivity index (χ0) is 23.4. The van der Waals surface area contributed by atoms with Crippen LogP contribution in [0.15, 0.2) is 30.3 Å². The standard InChI is InChI=1S/C27H33NO5/c1-26-10-4-5-11-28(26)27(2)16-18(15-26)33-25(31)9-7-17-6-8-22(29)20(12-17)19-13-24(32-3)23(30)14-21(19)27/h6,8,12-14,18,29-30H,4-5,7,9-11,15-16H2,1-3H3. The van der Waals surface area contributed by atoms with E-state index in [1.54, 1.807) is 12.1 Å². The van der Waals surface area contributed by atoms with Gasteiger partial charge in [0.2, 0.25) is 0 Å². The molecular weight excluding hydrogens is 418 g/mol. The molecule has 2 aromatic rings. The summed E-state index contributed by atoms with van der Waals surface area (Å²) in [7, 11) is 1.53. The van der Waals surface area contributed by atoms with E-state index in [0.717, 1.165) is 48.9 Å². The monoisotopic (exact) mass is 451 g/mol. The highest BCUT2D eigenvalue weighted by Gasteiger charge is 2.53. The Morgan fingerprint density at radius 2 is 1.85 bits per heavy atom. The molecule has 33 heavy (non-hydrogen) atoms. The van der Waals surface area contributed by atoms with Gasteiger partial charge >= 0.3 is 5.97 Å². The van der Waals surface area contributed by atoms with Crippen LogP contribution in [0.5, 0.6) is 17.2 Å². The number of hydrogen-bond acceptors (Lipinski definition) is 6. The molecule has 0 aromatic heterocycles. The van der Waals surface area contributed by atoms with Crippen molar-refractivity contribution < 1.29 is 24.5 Å². The van der Waals surface area contributed by atoms with Crippen molar-refractivity contribution in [3.63, 3.8) is 0 Å². The maximum atomic E-state index is 12.8. The number of nitrogens with zero attached hydrogens (tertiary/aromatic N) is 1. The maximum absolute atomic E-state index is 12.8. The molecule has 0 amide bonds. The van der Waals surface area contributed by atoms with Gasteiger partial charge in [-0.1, -0.05) is 12.5 Å². The number of rotatable bonds is 1. The van der Waals surface area contributed by atoms with E-state index in [1.807, 2.05) is 18.2 Å². The first-order valence-corrected chi connectivity index (χ1v) is 11.9. The van der Waals surface area contributed by atoms with Crippen molar-refractivity contribution in [2.24, 2.45) is 0 Å². The highest BCUT2D eigenvalue weighted by molar-refractivity contribution is 5.78. The number of hydrogen-bond donors (Lipinski definition) is 2. The molecule has 0 aliphatic carbocycles. The number of piperidine rings is 2. The Hall–Kier alpha value is -2.73. The number of phenols is 2. The Kier molecular flexibility index (Phi) is 5.31. The van der Waals surface area contributed by atoms with Crippen molar-refractivity contribution in [2.75, 3.05) is 13.7 Å². The fourth-order valence-electron chi connectivity index (χ4n) is 6.54. The normalized spacial score (nSPS) is 29.7. The second kappa shape index (κ2) is 7.94. The highest BCUT2D eigenvalue weighted by Crippen LogP contribution is 2.53. The second-order valence-electron chi connectivity index (χ2n) is 10.3. The van der Waals surface area contributed by atoms with E-state index in [-0.39, 0.29) is 29.1 Å². The summed E-state index contributed by atoms with van der Waals surface area (Å²) in [6.07, 6.45) is 5.38. The number of benzene rings is 2. The summed E-state index contributed by atoms with van der Waals surface area (Å²) in [5.74, 6) is 0.431. The van der Waals surface area contributed by atoms with E-state index >= 15 is 0 Å². The largest absolute Gasteiger partial charge is 0.507 e. The van der Waals surface area contributed by atoms with Crippen LogP contribution < -0.4 is 4.74 Å².